The van der Waals surface area contributed by atoms with Gasteiger partial charge in [-0.1, -0.05) is 50.2 Å². The van der Waals surface area contributed by atoms with Crippen molar-refractivity contribution in [3.63, 3.8) is 0 Å². The van der Waals surface area contributed by atoms with Crippen molar-refractivity contribution in [3.8, 4) is 5.75 Å². The lowest BCUT2D eigenvalue weighted by Gasteiger charge is -2.39. The Morgan fingerprint density at radius 3 is 2.19 bits per heavy atom. The molecule has 16 nitrogen and oxygen atoms in total. The molecule has 5 atom stereocenters. The van der Waals surface area contributed by atoms with Crippen molar-refractivity contribution in [3.05, 3.63) is 66.2 Å². The third-order valence-electron chi connectivity index (χ3n) is 8.02. The van der Waals surface area contributed by atoms with Gasteiger partial charge in [-0.25, -0.2) is 13.1 Å². The Hall–Kier alpha value is -4.81. The third-order valence-corrected chi connectivity index (χ3v) is 9.39. The van der Waals surface area contributed by atoms with Crippen LogP contribution in [0.2, 0.25) is 0 Å². The number of carbonyl (C=O) groups is 4. The van der Waals surface area contributed by atoms with Crippen molar-refractivity contribution in [1.29, 1.82) is 0 Å². The van der Waals surface area contributed by atoms with Gasteiger partial charge in [-0.15, -0.1) is 0 Å². The molecule has 0 radical (unpaired) electrons. The Morgan fingerprint density at radius 1 is 0.811 bits per heavy atom. The molecule has 1 fully saturated rings. The number of carbonyl (C=O) groups excluding carboxylic acids is 4. The average Bonchev–Trinajstić information content (AvgIpc) is 3.11. The number of hydrogen-bond donors (Lipinski definition) is 7. The molecule has 0 aromatic heterocycles. The van der Waals surface area contributed by atoms with Crippen LogP contribution in [0.15, 0.2) is 65.6 Å². The maximum atomic E-state index is 13.0. The fourth-order valence-electron chi connectivity index (χ4n) is 5.19. The summed E-state index contributed by atoms with van der Waals surface area (Å²) in [7, 11) is -4.16. The van der Waals surface area contributed by atoms with Crippen molar-refractivity contribution in [1.82, 2.24) is 15.4 Å². The maximum absolute atomic E-state index is 13.0. The second kappa shape index (κ2) is 18.3. The second-order valence-electron chi connectivity index (χ2n) is 13.1. The fraction of sp³-hybridized carbons (Fsp3) is 0.444. The van der Waals surface area contributed by atoms with Gasteiger partial charge in [0.25, 0.3) is 15.9 Å². The molecular formula is C36H46N4O12S. The Balaban J connectivity index is 1.27. The molecule has 3 amide bonds. The van der Waals surface area contributed by atoms with Crippen molar-refractivity contribution in [2.24, 2.45) is 5.92 Å². The first-order valence-electron chi connectivity index (χ1n) is 17.1. The van der Waals surface area contributed by atoms with E-state index < -0.39 is 70.8 Å². The highest BCUT2D eigenvalue weighted by Crippen LogP contribution is 2.32. The summed E-state index contributed by atoms with van der Waals surface area (Å²) in [5, 5.41) is 41.4. The number of hydrogen-bond acceptors (Lipinski definition) is 13. The van der Waals surface area contributed by atoms with Crippen LogP contribution in [-0.2, 0) is 45.3 Å². The van der Waals surface area contributed by atoms with Crippen LogP contribution in [0.4, 0.5) is 5.69 Å². The number of anilines is 1. The van der Waals surface area contributed by atoms with Gasteiger partial charge in [0.2, 0.25) is 18.1 Å². The molecule has 1 saturated heterocycles. The summed E-state index contributed by atoms with van der Waals surface area (Å²) in [4.78, 5) is 49.5. The minimum Gasteiger partial charge on any atom is -0.461 e. The molecular weight excluding hydrogens is 712 g/mol. The van der Waals surface area contributed by atoms with Crippen molar-refractivity contribution < 1.29 is 57.1 Å². The number of fused-ring (bicyclic) bond motifs is 1. The van der Waals surface area contributed by atoms with Gasteiger partial charge < -0.3 is 45.5 Å². The molecule has 0 spiro atoms. The smallest absolute Gasteiger partial charge is 0.308 e. The molecule has 1 aliphatic heterocycles. The zero-order valence-corrected chi connectivity index (χ0v) is 30.6. The van der Waals surface area contributed by atoms with E-state index in [-0.39, 0.29) is 48.7 Å². The monoisotopic (exact) mass is 758 g/mol. The first-order chi connectivity index (χ1) is 25.0. The van der Waals surface area contributed by atoms with Gasteiger partial charge in [-0.3, -0.25) is 19.2 Å². The van der Waals surface area contributed by atoms with Crippen molar-refractivity contribution in [2.75, 3.05) is 18.4 Å². The van der Waals surface area contributed by atoms with Gasteiger partial charge in [0.1, 0.15) is 30.7 Å². The molecule has 3 aromatic carbocycles. The van der Waals surface area contributed by atoms with Crippen LogP contribution >= 0.6 is 0 Å². The molecule has 0 unspecified atom stereocenters. The van der Waals surface area contributed by atoms with Gasteiger partial charge in [-0.2, -0.15) is 0 Å². The molecule has 17 heteroatoms. The Morgan fingerprint density at radius 2 is 1.49 bits per heavy atom. The number of rotatable bonds is 16. The number of sulfonamides is 1. The molecule has 4 rings (SSSR count). The van der Waals surface area contributed by atoms with Crippen LogP contribution in [0.1, 0.15) is 46.1 Å². The van der Waals surface area contributed by atoms with Crippen molar-refractivity contribution in [2.45, 2.75) is 88.8 Å². The van der Waals surface area contributed by atoms with Gasteiger partial charge in [0, 0.05) is 32.0 Å². The van der Waals surface area contributed by atoms with Gasteiger partial charge in [0.15, 0.2) is 6.10 Å². The number of amides is 3. The predicted molar refractivity (Wildman–Crippen MR) is 192 cm³/mol. The van der Waals surface area contributed by atoms with Crippen molar-refractivity contribution >= 4 is 50.2 Å². The lowest BCUT2D eigenvalue weighted by molar-refractivity contribution is -0.266. The summed E-state index contributed by atoms with van der Waals surface area (Å²) in [5.74, 6) is -2.92. The zero-order valence-electron chi connectivity index (χ0n) is 29.8. The molecule has 288 valence electrons. The molecule has 0 bridgehead atoms. The summed E-state index contributed by atoms with van der Waals surface area (Å²) in [6.45, 7) is 6.85. The fourth-order valence-corrected chi connectivity index (χ4v) is 6.24. The minimum absolute atomic E-state index is 0.0417. The van der Waals surface area contributed by atoms with Gasteiger partial charge in [-0.05, 0) is 54.4 Å². The maximum Gasteiger partial charge on any atom is 0.308 e. The van der Waals surface area contributed by atoms with Crippen LogP contribution < -0.4 is 25.4 Å². The Bertz CT molecular complexity index is 1890. The normalized spacial score (nSPS) is 20.1. The first kappa shape index (κ1) is 41.0. The summed E-state index contributed by atoms with van der Waals surface area (Å²) >= 11 is 0. The number of aliphatic hydroxyl groups is 3. The Kier molecular flexibility index (Phi) is 14.1. The van der Waals surface area contributed by atoms with Crippen LogP contribution in [0.5, 0.6) is 5.75 Å². The lowest BCUT2D eigenvalue weighted by atomic mass is 9.98. The quantitative estimate of drug-likeness (QED) is 0.0800. The zero-order chi connectivity index (χ0) is 38.9. The third kappa shape index (κ3) is 11.3. The molecule has 0 aliphatic carbocycles. The highest BCUT2D eigenvalue weighted by Gasteiger charge is 2.48. The second-order valence-corrected chi connectivity index (χ2v) is 14.8. The summed E-state index contributed by atoms with van der Waals surface area (Å²) < 4.78 is 44.2. The number of benzene rings is 3. The van der Waals surface area contributed by atoms with E-state index in [1.807, 2.05) is 30.7 Å². The van der Waals surface area contributed by atoms with E-state index in [0.29, 0.717) is 16.6 Å². The topological polar surface area (TPSA) is 239 Å². The number of esters is 1. The van der Waals surface area contributed by atoms with Gasteiger partial charge in [0.05, 0.1) is 16.5 Å². The van der Waals surface area contributed by atoms with E-state index in [1.54, 1.807) is 50.2 Å². The molecule has 1 heterocycles. The minimum atomic E-state index is -4.16. The number of aliphatic hydroxyl groups excluding tert-OH is 3. The SMILES string of the molecule is CC(C)Nc1ccc(COC(=O)C(C)C)cc1O[C@@H]1O[C@H](C(=O)NCCNC(=O)CCC(=O)NS(=O)(=O)c2ccc3ccccc3c2)[C@@H](O)[C@H](O)[C@H]1O. The van der Waals surface area contributed by atoms with E-state index in [1.165, 1.54) is 12.1 Å². The van der Waals surface area contributed by atoms with Crippen LogP contribution in [0.25, 0.3) is 10.8 Å². The molecule has 3 aromatic rings. The number of ether oxygens (including phenoxy) is 3. The molecule has 7 N–H and O–H groups in total. The highest BCUT2D eigenvalue weighted by atomic mass is 32.2. The molecule has 1 aliphatic rings. The number of nitrogens with one attached hydrogen (secondary N) is 4. The van der Waals surface area contributed by atoms with E-state index in [4.69, 9.17) is 14.2 Å². The first-order valence-corrected chi connectivity index (χ1v) is 18.5. The highest BCUT2D eigenvalue weighted by molar-refractivity contribution is 7.90. The largest absolute Gasteiger partial charge is 0.461 e. The standard InChI is InChI=1S/C36H46N4O12S/c1-20(2)35(47)50-19-22-9-12-26(39-21(3)4)27(17-22)51-36-32(45)30(43)31(44)33(52-36)34(46)38-16-15-37-28(41)13-14-29(42)40-53(48,49)25-11-10-23-7-5-6-8-24(23)18-25/h5-12,17-18,20-21,30-33,36,39,43-45H,13-16,19H2,1-4H3,(H,37,41)(H,38,46)(H,40,42)/t30-,31-,32+,33-,36+/m0/s1. The van der Waals surface area contributed by atoms with E-state index in [0.717, 1.165) is 5.39 Å². The average molecular weight is 759 g/mol. The van der Waals surface area contributed by atoms with Crippen LogP contribution in [-0.4, -0.2) is 97.3 Å². The summed E-state index contributed by atoms with van der Waals surface area (Å²) in [5.41, 5.74) is 1.04. The predicted octanol–water partition coefficient (Wildman–Crippen LogP) is 1.06. The van der Waals surface area contributed by atoms with E-state index >= 15 is 0 Å². The van der Waals surface area contributed by atoms with E-state index in [9.17, 15) is 42.9 Å². The molecule has 0 saturated carbocycles. The molecule has 53 heavy (non-hydrogen) atoms. The van der Waals surface area contributed by atoms with Crippen LogP contribution in [0.3, 0.4) is 0 Å². The van der Waals surface area contributed by atoms with Crippen LogP contribution in [0, 0.1) is 5.92 Å². The van der Waals surface area contributed by atoms with Gasteiger partial charge >= 0.3 is 5.97 Å². The summed E-state index contributed by atoms with van der Waals surface area (Å²) in [6.07, 6.45) is -9.48. The summed E-state index contributed by atoms with van der Waals surface area (Å²) in [6, 6.07) is 16.5. The Labute approximate surface area is 307 Å². The lowest BCUT2D eigenvalue weighted by Crippen LogP contribution is -2.63. The van der Waals surface area contributed by atoms with E-state index in [2.05, 4.69) is 16.0 Å².